The number of nitrogens with one attached hydrogen (secondary N) is 2. The highest BCUT2D eigenvalue weighted by atomic mass is 16.5. The van der Waals surface area contributed by atoms with E-state index in [-0.39, 0.29) is 11.5 Å². The van der Waals surface area contributed by atoms with E-state index in [0.29, 0.717) is 0 Å². The van der Waals surface area contributed by atoms with E-state index < -0.39 is 0 Å². The molecule has 0 spiro atoms. The molecule has 1 aliphatic heterocycles. The molecule has 27 heavy (non-hydrogen) atoms. The van der Waals surface area contributed by atoms with Crippen molar-refractivity contribution in [2.24, 2.45) is 0 Å². The molecule has 0 radical (unpaired) electrons. The molecule has 1 atom stereocenters. The molecule has 0 fully saturated rings. The lowest BCUT2D eigenvalue weighted by Crippen LogP contribution is -2.30. The summed E-state index contributed by atoms with van der Waals surface area (Å²) in [6.07, 6.45) is 1.02. The van der Waals surface area contributed by atoms with Crippen LogP contribution in [0.4, 0.5) is 0 Å². The molecule has 4 nitrogen and oxygen atoms in total. The molecule has 0 saturated carbocycles. The summed E-state index contributed by atoms with van der Waals surface area (Å²) in [7, 11) is 3.46. The second kappa shape index (κ2) is 6.61. The quantitative estimate of drug-likeness (QED) is 0.707. The normalized spacial score (nSPS) is 17.0. The molecular formula is C23H28N2O2. The van der Waals surface area contributed by atoms with E-state index in [1.165, 1.54) is 33.3 Å². The van der Waals surface area contributed by atoms with Crippen molar-refractivity contribution in [3.05, 3.63) is 58.8 Å². The van der Waals surface area contributed by atoms with E-state index in [9.17, 15) is 0 Å². The van der Waals surface area contributed by atoms with Gasteiger partial charge in [0.2, 0.25) is 0 Å². The minimum atomic E-state index is 0.0205. The van der Waals surface area contributed by atoms with Gasteiger partial charge in [-0.1, -0.05) is 26.8 Å². The summed E-state index contributed by atoms with van der Waals surface area (Å²) in [5.74, 6) is 1.85. The Morgan fingerprint density at radius 3 is 2.52 bits per heavy atom. The summed E-state index contributed by atoms with van der Waals surface area (Å²) in [6, 6.07) is 13.0. The number of aromatic amines is 1. The van der Waals surface area contributed by atoms with E-state index in [1.807, 2.05) is 6.07 Å². The smallest absolute Gasteiger partial charge is 0.122 e. The van der Waals surface area contributed by atoms with Crippen LogP contribution in [0.3, 0.4) is 0 Å². The molecule has 2 heterocycles. The first-order chi connectivity index (χ1) is 12.9. The molecule has 2 aromatic carbocycles. The zero-order chi connectivity index (χ0) is 19.2. The summed E-state index contributed by atoms with van der Waals surface area (Å²) in [4.78, 5) is 3.65. The molecule has 0 saturated heterocycles. The van der Waals surface area contributed by atoms with Crippen LogP contribution in [0.1, 0.15) is 49.2 Å². The Hall–Kier alpha value is -2.46. The topological polar surface area (TPSA) is 46.3 Å². The van der Waals surface area contributed by atoms with Gasteiger partial charge in [0.25, 0.3) is 0 Å². The summed E-state index contributed by atoms with van der Waals surface area (Å²) in [5, 5.41) is 4.96. The van der Waals surface area contributed by atoms with E-state index >= 15 is 0 Å². The first-order valence-corrected chi connectivity index (χ1v) is 9.52. The molecule has 4 heteroatoms. The average molecular weight is 364 g/mol. The van der Waals surface area contributed by atoms with Crippen molar-refractivity contribution in [2.75, 3.05) is 20.8 Å². The van der Waals surface area contributed by atoms with E-state index in [2.05, 4.69) is 61.4 Å². The summed E-state index contributed by atoms with van der Waals surface area (Å²) < 4.78 is 11.0. The average Bonchev–Trinajstić information content (AvgIpc) is 3.04. The molecule has 0 aliphatic carbocycles. The van der Waals surface area contributed by atoms with Gasteiger partial charge in [-0.3, -0.25) is 0 Å². The molecule has 0 bridgehead atoms. The van der Waals surface area contributed by atoms with Gasteiger partial charge in [0.1, 0.15) is 11.5 Å². The maximum atomic E-state index is 5.62. The Morgan fingerprint density at radius 2 is 1.81 bits per heavy atom. The molecular weight excluding hydrogens is 336 g/mol. The number of ether oxygens (including phenoxy) is 2. The Balaban J connectivity index is 1.83. The highest BCUT2D eigenvalue weighted by molar-refractivity contribution is 5.86. The number of benzene rings is 2. The molecule has 3 aromatic rings. The zero-order valence-corrected chi connectivity index (χ0v) is 16.8. The van der Waals surface area contributed by atoms with Gasteiger partial charge in [-0.05, 0) is 58.9 Å². The van der Waals surface area contributed by atoms with Gasteiger partial charge >= 0.3 is 0 Å². The Kier molecular flexibility index (Phi) is 4.39. The SMILES string of the molecule is COc1ccc2[nH]c3c(c2c1)CCNC3c1ccc(OC)c(C(C)(C)C)c1. The summed E-state index contributed by atoms with van der Waals surface area (Å²) in [6.45, 7) is 7.63. The van der Waals surface area contributed by atoms with Crippen LogP contribution in [0.2, 0.25) is 0 Å². The van der Waals surface area contributed by atoms with Gasteiger partial charge in [0, 0.05) is 23.1 Å². The predicted molar refractivity (Wildman–Crippen MR) is 110 cm³/mol. The monoisotopic (exact) mass is 364 g/mol. The number of hydrogen-bond acceptors (Lipinski definition) is 3. The highest BCUT2D eigenvalue weighted by Crippen LogP contribution is 2.38. The second-order valence-corrected chi connectivity index (χ2v) is 8.28. The number of rotatable bonds is 3. The maximum Gasteiger partial charge on any atom is 0.122 e. The van der Waals surface area contributed by atoms with E-state index in [0.717, 1.165) is 24.5 Å². The molecule has 2 N–H and O–H groups in total. The minimum absolute atomic E-state index is 0.0205. The number of aromatic nitrogens is 1. The van der Waals surface area contributed by atoms with E-state index in [1.54, 1.807) is 14.2 Å². The lowest BCUT2D eigenvalue weighted by molar-refractivity contribution is 0.397. The Morgan fingerprint density at radius 1 is 1.00 bits per heavy atom. The van der Waals surface area contributed by atoms with Gasteiger partial charge in [-0.15, -0.1) is 0 Å². The third-order valence-electron chi connectivity index (χ3n) is 5.52. The standard InChI is InChI=1S/C23H28N2O2/c1-23(2,3)18-12-14(6-9-20(18)27-5)21-22-16(10-11-24-21)17-13-15(26-4)7-8-19(17)25-22/h6-9,12-13,21,24-25H,10-11H2,1-5H3. The van der Waals surface area contributed by atoms with Crippen molar-refractivity contribution in [3.8, 4) is 11.5 Å². The lowest BCUT2D eigenvalue weighted by atomic mass is 9.83. The van der Waals surface area contributed by atoms with Crippen LogP contribution >= 0.6 is 0 Å². The third-order valence-corrected chi connectivity index (χ3v) is 5.52. The molecule has 4 rings (SSSR count). The molecule has 142 valence electrons. The highest BCUT2D eigenvalue weighted by Gasteiger charge is 2.27. The molecule has 1 unspecified atom stereocenters. The van der Waals surface area contributed by atoms with Crippen molar-refractivity contribution in [3.63, 3.8) is 0 Å². The molecule has 0 amide bonds. The van der Waals surface area contributed by atoms with Crippen LogP contribution in [0, 0.1) is 0 Å². The molecule has 1 aromatic heterocycles. The fourth-order valence-corrected chi connectivity index (χ4v) is 4.11. The van der Waals surface area contributed by atoms with Gasteiger partial charge < -0.3 is 19.8 Å². The van der Waals surface area contributed by atoms with Gasteiger partial charge in [-0.2, -0.15) is 0 Å². The first kappa shape index (κ1) is 17.9. The predicted octanol–water partition coefficient (Wildman–Crippen LogP) is 4.72. The fraction of sp³-hybridized carbons (Fsp3) is 0.391. The van der Waals surface area contributed by atoms with Crippen LogP contribution in [0.5, 0.6) is 11.5 Å². The number of H-pyrrole nitrogens is 1. The zero-order valence-electron chi connectivity index (χ0n) is 16.8. The van der Waals surface area contributed by atoms with Crippen molar-refractivity contribution >= 4 is 10.9 Å². The number of methoxy groups -OCH3 is 2. The van der Waals surface area contributed by atoms with Crippen molar-refractivity contribution in [1.29, 1.82) is 0 Å². The van der Waals surface area contributed by atoms with Crippen LogP contribution in [0.15, 0.2) is 36.4 Å². The Bertz CT molecular complexity index is 982. The largest absolute Gasteiger partial charge is 0.497 e. The van der Waals surface area contributed by atoms with Crippen molar-refractivity contribution in [1.82, 2.24) is 10.3 Å². The van der Waals surface area contributed by atoms with E-state index in [4.69, 9.17) is 9.47 Å². The summed E-state index contributed by atoms with van der Waals surface area (Å²) >= 11 is 0. The van der Waals surface area contributed by atoms with Gasteiger partial charge in [0.15, 0.2) is 0 Å². The van der Waals surface area contributed by atoms with Crippen molar-refractivity contribution in [2.45, 2.75) is 38.6 Å². The van der Waals surface area contributed by atoms with Crippen LogP contribution in [0.25, 0.3) is 10.9 Å². The number of fused-ring (bicyclic) bond motifs is 3. The van der Waals surface area contributed by atoms with Gasteiger partial charge in [0.05, 0.1) is 20.3 Å². The van der Waals surface area contributed by atoms with Crippen LogP contribution in [-0.4, -0.2) is 25.7 Å². The van der Waals surface area contributed by atoms with Crippen LogP contribution in [-0.2, 0) is 11.8 Å². The maximum absolute atomic E-state index is 5.62. The summed E-state index contributed by atoms with van der Waals surface area (Å²) in [5.41, 5.74) is 6.33. The lowest BCUT2D eigenvalue weighted by Gasteiger charge is -2.28. The minimum Gasteiger partial charge on any atom is -0.497 e. The fourth-order valence-electron chi connectivity index (χ4n) is 4.11. The second-order valence-electron chi connectivity index (χ2n) is 8.28. The number of hydrogen-bond donors (Lipinski definition) is 2. The van der Waals surface area contributed by atoms with Gasteiger partial charge in [-0.25, -0.2) is 0 Å². The third kappa shape index (κ3) is 3.08. The van der Waals surface area contributed by atoms with Crippen molar-refractivity contribution < 1.29 is 9.47 Å². The van der Waals surface area contributed by atoms with Crippen LogP contribution < -0.4 is 14.8 Å². The molecule has 1 aliphatic rings. The first-order valence-electron chi connectivity index (χ1n) is 9.52. The Labute approximate surface area is 160 Å².